The van der Waals surface area contributed by atoms with Gasteiger partial charge in [0, 0.05) is 23.6 Å². The summed E-state index contributed by atoms with van der Waals surface area (Å²) in [5.74, 6) is 5.22. The number of nitrogens with zero attached hydrogens (tertiary/aromatic N) is 1. The van der Waals surface area contributed by atoms with Crippen molar-refractivity contribution in [3.8, 4) is 11.8 Å². The molecule has 1 aromatic carbocycles. The van der Waals surface area contributed by atoms with Crippen LogP contribution in [0.3, 0.4) is 0 Å². The second-order valence-electron chi connectivity index (χ2n) is 5.17. The number of nitrogens with one attached hydrogen (secondary N) is 1. The van der Waals surface area contributed by atoms with Gasteiger partial charge < -0.3 is 14.6 Å². The van der Waals surface area contributed by atoms with Crippen LogP contribution in [0.5, 0.6) is 0 Å². The number of hydrogen-bond donors (Lipinski definition) is 1. The molecule has 0 bridgehead atoms. The Morgan fingerprint density at radius 2 is 2.33 bits per heavy atom. The molecule has 1 fully saturated rings. The molecule has 1 saturated heterocycles. The zero-order chi connectivity index (χ0) is 14.7. The van der Waals surface area contributed by atoms with E-state index in [2.05, 4.69) is 29.0 Å². The SMILES string of the molecule is CC#CC(=O)N1CCOCC1Cc1c[nH]c2ccccc12. The fraction of sp³-hybridized carbons (Fsp3) is 0.353. The molecule has 108 valence electrons. The number of ether oxygens (including phenoxy) is 1. The fourth-order valence-electron chi connectivity index (χ4n) is 2.82. The van der Waals surface area contributed by atoms with E-state index in [1.807, 2.05) is 23.2 Å². The Bertz CT molecular complexity index is 708. The van der Waals surface area contributed by atoms with Gasteiger partial charge in [0.05, 0.1) is 19.3 Å². The number of para-hydroxylation sites is 1. The van der Waals surface area contributed by atoms with E-state index in [1.165, 1.54) is 10.9 Å². The number of rotatable bonds is 2. The fourth-order valence-corrected chi connectivity index (χ4v) is 2.82. The molecule has 0 aliphatic carbocycles. The van der Waals surface area contributed by atoms with Crippen LogP contribution in [-0.2, 0) is 16.0 Å². The molecule has 2 heterocycles. The molecule has 1 atom stereocenters. The summed E-state index contributed by atoms with van der Waals surface area (Å²) in [7, 11) is 0. The predicted octanol–water partition coefficient (Wildman–Crippen LogP) is 1.96. The quantitative estimate of drug-likeness (QED) is 0.856. The van der Waals surface area contributed by atoms with Crippen molar-refractivity contribution in [2.45, 2.75) is 19.4 Å². The monoisotopic (exact) mass is 282 g/mol. The van der Waals surface area contributed by atoms with Crippen LogP contribution < -0.4 is 0 Å². The lowest BCUT2D eigenvalue weighted by Gasteiger charge is -2.34. The van der Waals surface area contributed by atoms with Gasteiger partial charge in [-0.2, -0.15) is 0 Å². The summed E-state index contributed by atoms with van der Waals surface area (Å²) < 4.78 is 5.55. The molecule has 1 aliphatic heterocycles. The van der Waals surface area contributed by atoms with Gasteiger partial charge in [0.1, 0.15) is 0 Å². The number of hydrogen-bond acceptors (Lipinski definition) is 2. The lowest BCUT2D eigenvalue weighted by Crippen LogP contribution is -2.49. The number of carbonyl (C=O) groups excluding carboxylic acids is 1. The van der Waals surface area contributed by atoms with Crippen LogP contribution in [0.25, 0.3) is 10.9 Å². The lowest BCUT2D eigenvalue weighted by atomic mass is 10.0. The molecule has 0 spiro atoms. The van der Waals surface area contributed by atoms with E-state index < -0.39 is 0 Å². The third-order valence-electron chi connectivity index (χ3n) is 3.85. The van der Waals surface area contributed by atoms with Crippen molar-refractivity contribution < 1.29 is 9.53 Å². The van der Waals surface area contributed by atoms with Crippen molar-refractivity contribution in [2.75, 3.05) is 19.8 Å². The number of aromatic nitrogens is 1. The third kappa shape index (κ3) is 2.79. The number of H-pyrrole nitrogens is 1. The Kier molecular flexibility index (Phi) is 3.94. The molecule has 2 aromatic rings. The molecule has 1 N–H and O–H groups in total. The van der Waals surface area contributed by atoms with Gasteiger partial charge in [0.25, 0.3) is 5.91 Å². The second kappa shape index (κ2) is 6.02. The summed E-state index contributed by atoms with van der Waals surface area (Å²) >= 11 is 0. The van der Waals surface area contributed by atoms with Crippen molar-refractivity contribution in [2.24, 2.45) is 0 Å². The third-order valence-corrected chi connectivity index (χ3v) is 3.85. The van der Waals surface area contributed by atoms with Crippen LogP contribution >= 0.6 is 0 Å². The van der Waals surface area contributed by atoms with Crippen molar-refractivity contribution in [1.82, 2.24) is 9.88 Å². The molecule has 3 rings (SSSR count). The zero-order valence-corrected chi connectivity index (χ0v) is 12.1. The Labute approximate surface area is 124 Å². The standard InChI is InChI=1S/C17H18N2O2/c1-2-5-17(20)19-8-9-21-12-14(19)10-13-11-18-16-7-4-3-6-15(13)16/h3-4,6-7,11,14,18H,8-10,12H2,1H3. The molecule has 0 radical (unpaired) electrons. The molecule has 1 aromatic heterocycles. The summed E-state index contributed by atoms with van der Waals surface area (Å²) in [6.45, 7) is 3.45. The normalized spacial score (nSPS) is 18.3. The second-order valence-corrected chi connectivity index (χ2v) is 5.17. The van der Waals surface area contributed by atoms with Crippen LogP contribution in [0.1, 0.15) is 12.5 Å². The van der Waals surface area contributed by atoms with E-state index in [-0.39, 0.29) is 11.9 Å². The van der Waals surface area contributed by atoms with E-state index in [0.717, 1.165) is 11.9 Å². The Morgan fingerprint density at radius 3 is 3.19 bits per heavy atom. The summed E-state index contributed by atoms with van der Waals surface area (Å²) in [4.78, 5) is 17.2. The van der Waals surface area contributed by atoms with E-state index in [1.54, 1.807) is 6.92 Å². The molecular formula is C17H18N2O2. The Hall–Kier alpha value is -2.25. The van der Waals surface area contributed by atoms with Crippen molar-refractivity contribution >= 4 is 16.8 Å². The van der Waals surface area contributed by atoms with Gasteiger partial charge in [-0.3, -0.25) is 4.79 Å². The summed E-state index contributed by atoms with van der Waals surface area (Å²) in [6.07, 6.45) is 2.80. The first-order chi connectivity index (χ1) is 10.3. The van der Waals surface area contributed by atoms with Crippen molar-refractivity contribution in [3.63, 3.8) is 0 Å². The van der Waals surface area contributed by atoms with Gasteiger partial charge in [-0.25, -0.2) is 0 Å². The minimum Gasteiger partial charge on any atom is -0.377 e. The highest BCUT2D eigenvalue weighted by Gasteiger charge is 2.27. The number of morpholine rings is 1. The minimum absolute atomic E-state index is 0.0475. The highest BCUT2D eigenvalue weighted by molar-refractivity contribution is 5.93. The number of benzene rings is 1. The molecule has 21 heavy (non-hydrogen) atoms. The van der Waals surface area contributed by atoms with Crippen LogP contribution in [0, 0.1) is 11.8 Å². The number of carbonyl (C=O) groups is 1. The highest BCUT2D eigenvalue weighted by Crippen LogP contribution is 2.21. The van der Waals surface area contributed by atoms with Crippen LogP contribution in [-0.4, -0.2) is 41.6 Å². The average molecular weight is 282 g/mol. The average Bonchev–Trinajstić information content (AvgIpc) is 2.91. The maximum atomic E-state index is 12.1. The molecule has 4 heteroatoms. The maximum absolute atomic E-state index is 12.1. The highest BCUT2D eigenvalue weighted by atomic mass is 16.5. The lowest BCUT2D eigenvalue weighted by molar-refractivity contribution is -0.133. The smallest absolute Gasteiger partial charge is 0.298 e. The zero-order valence-electron chi connectivity index (χ0n) is 12.1. The van der Waals surface area contributed by atoms with Gasteiger partial charge in [-0.05, 0) is 30.9 Å². The molecular weight excluding hydrogens is 264 g/mol. The van der Waals surface area contributed by atoms with Crippen LogP contribution in [0.4, 0.5) is 0 Å². The van der Waals surface area contributed by atoms with Crippen molar-refractivity contribution in [1.29, 1.82) is 0 Å². The van der Waals surface area contributed by atoms with E-state index >= 15 is 0 Å². The van der Waals surface area contributed by atoms with Gasteiger partial charge in [0.2, 0.25) is 0 Å². The molecule has 1 amide bonds. The molecule has 1 unspecified atom stereocenters. The predicted molar refractivity (Wildman–Crippen MR) is 81.8 cm³/mol. The minimum atomic E-state index is -0.106. The first-order valence-electron chi connectivity index (χ1n) is 7.15. The van der Waals surface area contributed by atoms with Gasteiger partial charge in [-0.1, -0.05) is 24.1 Å². The summed E-state index contributed by atoms with van der Waals surface area (Å²) in [5, 5.41) is 1.21. The Morgan fingerprint density at radius 1 is 1.48 bits per heavy atom. The van der Waals surface area contributed by atoms with E-state index in [9.17, 15) is 4.79 Å². The van der Waals surface area contributed by atoms with Crippen molar-refractivity contribution in [3.05, 3.63) is 36.0 Å². The maximum Gasteiger partial charge on any atom is 0.298 e. The topological polar surface area (TPSA) is 45.3 Å². The van der Waals surface area contributed by atoms with E-state index in [0.29, 0.717) is 19.8 Å². The van der Waals surface area contributed by atoms with Gasteiger partial charge in [0.15, 0.2) is 0 Å². The van der Waals surface area contributed by atoms with Crippen LogP contribution in [0.15, 0.2) is 30.5 Å². The molecule has 0 saturated carbocycles. The first kappa shape index (κ1) is 13.7. The van der Waals surface area contributed by atoms with E-state index in [4.69, 9.17) is 4.74 Å². The first-order valence-corrected chi connectivity index (χ1v) is 7.15. The summed E-state index contributed by atoms with van der Waals surface area (Å²) in [5.41, 5.74) is 2.33. The molecule has 1 aliphatic rings. The van der Waals surface area contributed by atoms with Gasteiger partial charge in [-0.15, -0.1) is 0 Å². The number of fused-ring (bicyclic) bond motifs is 1. The Balaban J connectivity index is 1.84. The number of aromatic amines is 1. The van der Waals surface area contributed by atoms with Crippen LogP contribution in [0.2, 0.25) is 0 Å². The molecule has 4 nitrogen and oxygen atoms in total. The van der Waals surface area contributed by atoms with Gasteiger partial charge >= 0.3 is 0 Å². The summed E-state index contributed by atoms with van der Waals surface area (Å²) in [6, 6.07) is 8.25. The number of amides is 1. The largest absolute Gasteiger partial charge is 0.377 e.